The van der Waals surface area contributed by atoms with Gasteiger partial charge in [-0.1, -0.05) is 18.2 Å². The zero-order valence-electron chi connectivity index (χ0n) is 10.3. The van der Waals surface area contributed by atoms with Crippen LogP contribution >= 0.6 is 0 Å². The number of furan rings is 1. The second-order valence-corrected chi connectivity index (χ2v) is 5.04. The van der Waals surface area contributed by atoms with E-state index in [-0.39, 0.29) is 0 Å². The van der Waals surface area contributed by atoms with Crippen LogP contribution in [0.2, 0.25) is 0 Å². The summed E-state index contributed by atoms with van der Waals surface area (Å²) in [6.45, 7) is 4.50. The predicted molar refractivity (Wildman–Crippen MR) is 70.2 cm³/mol. The van der Waals surface area contributed by atoms with Gasteiger partial charge < -0.3 is 9.73 Å². The highest BCUT2D eigenvalue weighted by Crippen LogP contribution is 2.28. The van der Waals surface area contributed by atoms with E-state index < -0.39 is 0 Å². The molecule has 1 aliphatic rings. The van der Waals surface area contributed by atoms with Crippen LogP contribution in [-0.2, 0) is 6.42 Å². The molecule has 0 amide bonds. The zero-order valence-corrected chi connectivity index (χ0v) is 10.3. The van der Waals surface area contributed by atoms with E-state index in [9.17, 15) is 0 Å². The van der Waals surface area contributed by atoms with Crippen molar-refractivity contribution in [2.45, 2.75) is 26.2 Å². The average Bonchev–Trinajstić information content (AvgIpc) is 2.68. The minimum absolute atomic E-state index is 0.788. The molecule has 17 heavy (non-hydrogen) atoms. The molecule has 0 saturated carbocycles. The number of piperidine rings is 1. The van der Waals surface area contributed by atoms with Crippen LogP contribution < -0.4 is 5.32 Å². The minimum Gasteiger partial charge on any atom is -0.461 e. The lowest BCUT2D eigenvalue weighted by atomic mass is 9.92. The highest BCUT2D eigenvalue weighted by Gasteiger charge is 2.18. The van der Waals surface area contributed by atoms with Gasteiger partial charge >= 0.3 is 0 Å². The maximum atomic E-state index is 5.98. The van der Waals surface area contributed by atoms with Crippen LogP contribution in [-0.4, -0.2) is 13.1 Å². The summed E-state index contributed by atoms with van der Waals surface area (Å²) in [5, 5.41) is 4.69. The van der Waals surface area contributed by atoms with Crippen LogP contribution in [0.4, 0.5) is 0 Å². The largest absolute Gasteiger partial charge is 0.461 e. The molecule has 1 N–H and O–H groups in total. The van der Waals surface area contributed by atoms with E-state index in [0.29, 0.717) is 0 Å². The van der Waals surface area contributed by atoms with Crippen molar-refractivity contribution in [3.05, 3.63) is 35.6 Å². The first-order valence-electron chi connectivity index (χ1n) is 6.52. The van der Waals surface area contributed by atoms with Crippen molar-refractivity contribution in [2.75, 3.05) is 13.1 Å². The molecule has 0 radical (unpaired) electrons. The molecule has 3 rings (SSSR count). The number of nitrogens with one attached hydrogen (secondary N) is 1. The molecule has 2 nitrogen and oxygen atoms in total. The van der Waals surface area contributed by atoms with Crippen LogP contribution in [0, 0.1) is 12.8 Å². The highest BCUT2D eigenvalue weighted by atomic mass is 16.3. The summed E-state index contributed by atoms with van der Waals surface area (Å²) in [4.78, 5) is 0. The van der Waals surface area contributed by atoms with Gasteiger partial charge in [0.05, 0.1) is 0 Å². The van der Waals surface area contributed by atoms with E-state index in [2.05, 4.69) is 30.4 Å². The van der Waals surface area contributed by atoms with Crippen molar-refractivity contribution >= 4 is 11.0 Å². The molecule has 2 heterocycles. The van der Waals surface area contributed by atoms with Crippen LogP contribution in [0.15, 0.2) is 28.7 Å². The van der Waals surface area contributed by atoms with Gasteiger partial charge in [-0.25, -0.2) is 0 Å². The van der Waals surface area contributed by atoms with Crippen molar-refractivity contribution in [2.24, 2.45) is 5.92 Å². The van der Waals surface area contributed by atoms with Crippen molar-refractivity contribution < 1.29 is 4.42 Å². The summed E-state index contributed by atoms with van der Waals surface area (Å²) < 4.78 is 5.98. The maximum Gasteiger partial charge on any atom is 0.134 e. The first-order chi connectivity index (χ1) is 8.34. The Morgan fingerprint density at radius 1 is 1.24 bits per heavy atom. The first-order valence-corrected chi connectivity index (χ1v) is 6.52. The minimum atomic E-state index is 0.788. The van der Waals surface area contributed by atoms with E-state index >= 15 is 0 Å². The van der Waals surface area contributed by atoms with E-state index in [1.165, 1.54) is 29.6 Å². The van der Waals surface area contributed by atoms with Gasteiger partial charge in [0.2, 0.25) is 0 Å². The first kappa shape index (κ1) is 10.8. The topological polar surface area (TPSA) is 25.2 Å². The molecular formula is C15H19NO. The number of fused-ring (bicyclic) bond motifs is 1. The Balaban J connectivity index is 1.87. The van der Waals surface area contributed by atoms with Crippen LogP contribution in [0.5, 0.6) is 0 Å². The van der Waals surface area contributed by atoms with E-state index in [1.807, 2.05) is 6.07 Å². The molecular weight excluding hydrogens is 210 g/mol. The third-order valence-electron chi connectivity index (χ3n) is 3.88. The molecule has 0 spiro atoms. The molecule has 0 unspecified atom stereocenters. The molecule has 1 aliphatic heterocycles. The molecule has 90 valence electrons. The van der Waals surface area contributed by atoms with Crippen LogP contribution in [0.25, 0.3) is 11.0 Å². The monoisotopic (exact) mass is 229 g/mol. The van der Waals surface area contributed by atoms with Crippen LogP contribution in [0.1, 0.15) is 24.2 Å². The summed E-state index contributed by atoms with van der Waals surface area (Å²) in [7, 11) is 0. The van der Waals surface area contributed by atoms with Crippen molar-refractivity contribution in [1.82, 2.24) is 5.32 Å². The second kappa shape index (κ2) is 4.53. The number of aryl methyl sites for hydroxylation is 1. The van der Waals surface area contributed by atoms with E-state index in [4.69, 9.17) is 4.42 Å². The molecule has 2 aromatic rings. The van der Waals surface area contributed by atoms with E-state index in [0.717, 1.165) is 31.0 Å². The number of para-hydroxylation sites is 1. The molecule has 0 bridgehead atoms. The maximum absolute atomic E-state index is 5.98. The lowest BCUT2D eigenvalue weighted by Gasteiger charge is -2.21. The third-order valence-corrected chi connectivity index (χ3v) is 3.88. The van der Waals surface area contributed by atoms with Crippen LogP contribution in [0.3, 0.4) is 0 Å². The fraction of sp³-hybridized carbons (Fsp3) is 0.467. The van der Waals surface area contributed by atoms with Gasteiger partial charge in [0.15, 0.2) is 0 Å². The average molecular weight is 229 g/mol. The molecule has 1 fully saturated rings. The van der Waals surface area contributed by atoms with Gasteiger partial charge in [0, 0.05) is 11.8 Å². The summed E-state index contributed by atoms with van der Waals surface area (Å²) in [5.41, 5.74) is 2.37. The van der Waals surface area contributed by atoms with Gasteiger partial charge in [0.25, 0.3) is 0 Å². The molecule has 1 aromatic heterocycles. The van der Waals surface area contributed by atoms with Gasteiger partial charge in [-0.05, 0) is 50.4 Å². The molecule has 0 atom stereocenters. The smallest absolute Gasteiger partial charge is 0.134 e. The Bertz CT molecular complexity index is 509. The molecule has 1 saturated heterocycles. The quantitative estimate of drug-likeness (QED) is 0.855. The second-order valence-electron chi connectivity index (χ2n) is 5.04. The molecule has 0 aliphatic carbocycles. The highest BCUT2D eigenvalue weighted by molar-refractivity contribution is 5.81. The van der Waals surface area contributed by atoms with Gasteiger partial charge in [0.1, 0.15) is 11.3 Å². The zero-order chi connectivity index (χ0) is 11.7. The number of rotatable bonds is 2. The van der Waals surface area contributed by atoms with Gasteiger partial charge in [-0.2, -0.15) is 0 Å². The van der Waals surface area contributed by atoms with Crippen molar-refractivity contribution in [3.8, 4) is 0 Å². The van der Waals surface area contributed by atoms with E-state index in [1.54, 1.807) is 0 Å². The molecule has 1 aromatic carbocycles. The molecule has 2 heteroatoms. The summed E-state index contributed by atoms with van der Waals surface area (Å²) in [6.07, 6.45) is 3.65. The SMILES string of the molecule is Cc1c(CC2CCNCC2)oc2ccccc12. The predicted octanol–water partition coefficient (Wildman–Crippen LogP) is 3.28. The Kier molecular flexibility index (Phi) is 2.89. The number of hydrogen-bond acceptors (Lipinski definition) is 2. The normalized spacial score (nSPS) is 17.7. The Morgan fingerprint density at radius 2 is 2.00 bits per heavy atom. The Hall–Kier alpha value is -1.28. The summed E-state index contributed by atoms with van der Waals surface area (Å²) in [5.74, 6) is 1.98. The lowest BCUT2D eigenvalue weighted by Crippen LogP contribution is -2.28. The lowest BCUT2D eigenvalue weighted by molar-refractivity contribution is 0.350. The Morgan fingerprint density at radius 3 is 2.76 bits per heavy atom. The van der Waals surface area contributed by atoms with Gasteiger partial charge in [-0.3, -0.25) is 0 Å². The standard InChI is InChI=1S/C15H19NO/c1-11-13-4-2-3-5-14(13)17-15(11)10-12-6-8-16-9-7-12/h2-5,12,16H,6-10H2,1H3. The Labute approximate surface area is 102 Å². The number of hydrogen-bond donors (Lipinski definition) is 1. The van der Waals surface area contributed by atoms with Crippen molar-refractivity contribution in [3.63, 3.8) is 0 Å². The third kappa shape index (κ3) is 2.09. The summed E-state index contributed by atoms with van der Waals surface area (Å²) in [6, 6.07) is 8.34. The summed E-state index contributed by atoms with van der Waals surface area (Å²) >= 11 is 0. The fourth-order valence-corrected chi connectivity index (χ4v) is 2.77. The number of benzene rings is 1. The van der Waals surface area contributed by atoms with Gasteiger partial charge in [-0.15, -0.1) is 0 Å². The fourth-order valence-electron chi connectivity index (χ4n) is 2.77. The van der Waals surface area contributed by atoms with Crippen molar-refractivity contribution in [1.29, 1.82) is 0 Å².